The number of morpholine rings is 1. The van der Waals surface area contributed by atoms with Crippen LogP contribution >= 0.6 is 11.8 Å². The Bertz CT molecular complexity index is 1220. The van der Waals surface area contributed by atoms with Crippen LogP contribution in [0.1, 0.15) is 34.6 Å². The Labute approximate surface area is 195 Å². The number of anilines is 1. The van der Waals surface area contributed by atoms with Crippen LogP contribution in [0, 0.1) is 0 Å². The number of rotatable bonds is 4. The van der Waals surface area contributed by atoms with Gasteiger partial charge in [0.15, 0.2) is 5.69 Å². The molecule has 3 aromatic rings. The number of nitrogens with zero attached hydrogens (tertiary/aromatic N) is 3. The maximum Gasteiger partial charge on any atom is 0.356 e. The molecule has 1 atom stereocenters. The lowest BCUT2D eigenvalue weighted by Gasteiger charge is -2.27. The molecule has 2 aromatic carbocycles. The topological polar surface area (TPSA) is 96.7 Å². The van der Waals surface area contributed by atoms with E-state index >= 15 is 0 Å². The minimum atomic E-state index is -1.04. The quantitative estimate of drug-likeness (QED) is 0.583. The first-order chi connectivity index (χ1) is 16.1. The number of aromatic carboxylic acids is 1. The summed E-state index contributed by atoms with van der Waals surface area (Å²) in [5, 5.41) is 17.4. The summed E-state index contributed by atoms with van der Waals surface area (Å²) < 4.78 is 7.01. The molecule has 0 radical (unpaired) electrons. The predicted molar refractivity (Wildman–Crippen MR) is 126 cm³/mol. The normalized spacial score (nSPS) is 17.2. The molecule has 9 heteroatoms. The van der Waals surface area contributed by atoms with E-state index in [0.29, 0.717) is 37.7 Å². The van der Waals surface area contributed by atoms with E-state index in [1.54, 1.807) is 21.3 Å². The molecule has 2 amide bonds. The van der Waals surface area contributed by atoms with Crippen molar-refractivity contribution in [1.29, 1.82) is 0 Å². The van der Waals surface area contributed by atoms with Crippen molar-refractivity contribution in [3.63, 3.8) is 0 Å². The number of carbonyl (C=O) groups is 2. The third kappa shape index (κ3) is 3.98. The van der Waals surface area contributed by atoms with Gasteiger partial charge < -0.3 is 20.1 Å². The first kappa shape index (κ1) is 21.5. The molecule has 0 bridgehead atoms. The number of carboxylic acid groups (broad SMARTS) is 1. The number of ether oxygens (including phenoxy) is 1. The number of carboxylic acids is 1. The molecule has 170 valence electrons. The molecular formula is C24H24N4O4S. The van der Waals surface area contributed by atoms with Crippen molar-refractivity contribution in [3.05, 3.63) is 59.8 Å². The fourth-order valence-electron chi connectivity index (χ4n) is 4.29. The summed E-state index contributed by atoms with van der Waals surface area (Å²) in [6.07, 6.45) is 0.785. The number of nitrogens with one attached hydrogen (secondary N) is 1. The smallest absolute Gasteiger partial charge is 0.356 e. The van der Waals surface area contributed by atoms with Gasteiger partial charge in [0.05, 0.1) is 24.6 Å². The third-order valence-electron chi connectivity index (χ3n) is 5.87. The van der Waals surface area contributed by atoms with Crippen LogP contribution in [0.3, 0.4) is 0 Å². The Morgan fingerprint density at radius 2 is 1.97 bits per heavy atom. The number of hydrogen-bond acceptors (Lipinski definition) is 5. The van der Waals surface area contributed by atoms with Gasteiger partial charge in [0.25, 0.3) is 0 Å². The van der Waals surface area contributed by atoms with Crippen LogP contribution in [-0.2, 0) is 4.74 Å². The molecule has 3 heterocycles. The molecule has 33 heavy (non-hydrogen) atoms. The Morgan fingerprint density at radius 1 is 1.18 bits per heavy atom. The number of hydrogen-bond donors (Lipinski definition) is 2. The fourth-order valence-corrected chi connectivity index (χ4v) is 5.55. The Morgan fingerprint density at radius 3 is 2.73 bits per heavy atom. The molecule has 8 nitrogen and oxygen atoms in total. The van der Waals surface area contributed by atoms with E-state index in [0.717, 1.165) is 28.1 Å². The molecule has 1 fully saturated rings. The molecule has 0 aliphatic carbocycles. The van der Waals surface area contributed by atoms with Gasteiger partial charge >= 0.3 is 12.0 Å². The van der Waals surface area contributed by atoms with Crippen LogP contribution < -0.4 is 5.32 Å². The highest BCUT2D eigenvalue weighted by atomic mass is 32.2. The largest absolute Gasteiger partial charge is 0.476 e. The first-order valence-electron chi connectivity index (χ1n) is 10.9. The van der Waals surface area contributed by atoms with Gasteiger partial charge in [-0.25, -0.2) is 14.3 Å². The zero-order valence-corrected chi connectivity index (χ0v) is 19.0. The molecule has 2 aliphatic rings. The highest BCUT2D eigenvalue weighted by Gasteiger charge is 2.34. The average molecular weight is 465 g/mol. The molecule has 0 saturated carbocycles. The van der Waals surface area contributed by atoms with Gasteiger partial charge in [-0.2, -0.15) is 5.10 Å². The lowest BCUT2D eigenvalue weighted by atomic mass is 10.00. The van der Waals surface area contributed by atoms with E-state index in [-0.39, 0.29) is 17.0 Å². The van der Waals surface area contributed by atoms with Gasteiger partial charge in [-0.1, -0.05) is 31.2 Å². The van der Waals surface area contributed by atoms with Gasteiger partial charge in [-0.3, -0.25) is 0 Å². The second kappa shape index (κ2) is 8.92. The van der Waals surface area contributed by atoms with Crippen molar-refractivity contribution in [2.45, 2.75) is 23.5 Å². The van der Waals surface area contributed by atoms with Crippen LogP contribution in [0.4, 0.5) is 10.5 Å². The molecule has 1 saturated heterocycles. The van der Waals surface area contributed by atoms with Crippen molar-refractivity contribution < 1.29 is 19.4 Å². The summed E-state index contributed by atoms with van der Waals surface area (Å²) in [6.45, 7) is 4.21. The molecular weight excluding hydrogens is 440 g/mol. The Hall–Kier alpha value is -3.30. The van der Waals surface area contributed by atoms with E-state index < -0.39 is 5.97 Å². The van der Waals surface area contributed by atoms with Gasteiger partial charge in [-0.05, 0) is 30.7 Å². The fraction of sp³-hybridized carbons (Fsp3) is 0.292. The van der Waals surface area contributed by atoms with E-state index in [1.165, 1.54) is 0 Å². The lowest BCUT2D eigenvalue weighted by Crippen LogP contribution is -2.43. The summed E-state index contributed by atoms with van der Waals surface area (Å²) in [6, 6.07) is 15.2. The standard InChI is InChI=1S/C24H24N4O4S/c1-2-18-20-21(23(29)30)26-28(22(20)17-8-3-4-9-19(17)33-18)16-7-5-6-15(14-16)25-24(31)27-10-12-32-13-11-27/h3-9,14,18H,2,10-13H2,1H3,(H,25,31)(H,29,30). The SMILES string of the molecule is CCC1Sc2ccccc2-c2c1c(C(=O)O)nn2-c1cccc(NC(=O)N2CCOCC2)c1. The average Bonchev–Trinajstić information content (AvgIpc) is 3.26. The highest BCUT2D eigenvalue weighted by Crippen LogP contribution is 2.52. The number of fused-ring (bicyclic) bond motifs is 3. The minimum absolute atomic E-state index is 0.000967. The molecule has 2 aliphatic heterocycles. The number of thioether (sulfide) groups is 1. The van der Waals surface area contributed by atoms with E-state index in [1.807, 2.05) is 42.5 Å². The summed E-state index contributed by atoms with van der Waals surface area (Å²) in [5.41, 5.74) is 3.89. The highest BCUT2D eigenvalue weighted by molar-refractivity contribution is 7.99. The van der Waals surface area contributed by atoms with E-state index in [2.05, 4.69) is 23.4 Å². The minimum Gasteiger partial charge on any atom is -0.476 e. The van der Waals surface area contributed by atoms with Gasteiger partial charge in [0, 0.05) is 40.0 Å². The number of carbonyl (C=O) groups excluding carboxylic acids is 1. The lowest BCUT2D eigenvalue weighted by molar-refractivity contribution is 0.0564. The number of aromatic nitrogens is 2. The zero-order chi connectivity index (χ0) is 22.9. The summed E-state index contributed by atoms with van der Waals surface area (Å²) >= 11 is 1.68. The van der Waals surface area contributed by atoms with Crippen LogP contribution in [0.15, 0.2) is 53.4 Å². The van der Waals surface area contributed by atoms with E-state index in [4.69, 9.17) is 4.74 Å². The molecule has 5 rings (SSSR count). The number of urea groups is 1. The van der Waals surface area contributed by atoms with E-state index in [9.17, 15) is 14.7 Å². The maximum atomic E-state index is 12.6. The van der Waals surface area contributed by atoms with Crippen molar-refractivity contribution in [3.8, 4) is 16.9 Å². The van der Waals surface area contributed by atoms with Crippen molar-refractivity contribution in [2.24, 2.45) is 0 Å². The molecule has 0 spiro atoms. The van der Waals surface area contributed by atoms with Crippen LogP contribution in [0.5, 0.6) is 0 Å². The van der Waals surface area contributed by atoms with Gasteiger partial charge in [-0.15, -0.1) is 11.8 Å². The second-order valence-electron chi connectivity index (χ2n) is 7.92. The van der Waals surface area contributed by atoms with Crippen molar-refractivity contribution in [1.82, 2.24) is 14.7 Å². The summed E-state index contributed by atoms with van der Waals surface area (Å²) in [7, 11) is 0. The maximum absolute atomic E-state index is 12.6. The Kier molecular flexibility index (Phi) is 5.82. The van der Waals surface area contributed by atoms with Crippen LogP contribution in [0.2, 0.25) is 0 Å². The van der Waals surface area contributed by atoms with Gasteiger partial charge in [0.1, 0.15) is 0 Å². The van der Waals surface area contributed by atoms with Gasteiger partial charge in [0.2, 0.25) is 0 Å². The summed E-state index contributed by atoms with van der Waals surface area (Å²) in [4.78, 5) is 27.6. The monoisotopic (exact) mass is 464 g/mol. The van der Waals surface area contributed by atoms with Crippen molar-refractivity contribution in [2.75, 3.05) is 31.6 Å². The third-order valence-corrected chi connectivity index (χ3v) is 7.33. The Balaban J connectivity index is 1.58. The second-order valence-corrected chi connectivity index (χ2v) is 9.16. The zero-order valence-electron chi connectivity index (χ0n) is 18.2. The van der Waals surface area contributed by atoms with Crippen LogP contribution in [0.25, 0.3) is 16.9 Å². The number of benzene rings is 2. The summed E-state index contributed by atoms with van der Waals surface area (Å²) in [5.74, 6) is -1.04. The molecule has 2 N–H and O–H groups in total. The molecule has 1 aromatic heterocycles. The van der Waals surface area contributed by atoms with Crippen molar-refractivity contribution >= 4 is 29.4 Å². The van der Waals surface area contributed by atoms with Crippen LogP contribution in [-0.4, -0.2) is 58.1 Å². The first-order valence-corrected chi connectivity index (χ1v) is 11.8. The molecule has 1 unspecified atom stereocenters. The number of amides is 2. The predicted octanol–water partition coefficient (Wildman–Crippen LogP) is 4.66.